The molecule has 1 unspecified atom stereocenters. The van der Waals surface area contributed by atoms with Gasteiger partial charge in [0.1, 0.15) is 21.8 Å². The van der Waals surface area contributed by atoms with Crippen molar-refractivity contribution in [2.45, 2.75) is 46.7 Å². The number of likely N-dealkylation sites (N-methyl/N-ethyl adjacent to an activating group) is 1. The molecule has 2 aliphatic heterocycles. The van der Waals surface area contributed by atoms with E-state index in [0.29, 0.717) is 21.3 Å². The van der Waals surface area contributed by atoms with Crippen molar-refractivity contribution in [2.75, 3.05) is 38.1 Å². The molecule has 3 rings (SSSR count). The molecule has 1 atom stereocenters. The van der Waals surface area contributed by atoms with Crippen LogP contribution in [0.1, 0.15) is 43.9 Å². The number of aromatic nitrogens is 1. The molecule has 1 amide bonds. The Hall–Kier alpha value is -2.15. The molecule has 0 aliphatic carbocycles. The Balaban J connectivity index is 2.21. The molecule has 7 nitrogen and oxygen atoms in total. The first-order valence-corrected chi connectivity index (χ1v) is 11.9. The molecule has 0 spiro atoms. The molecule has 0 N–H and O–H groups in total. The van der Waals surface area contributed by atoms with E-state index in [9.17, 15) is 14.9 Å². The van der Waals surface area contributed by atoms with Crippen LogP contribution in [-0.2, 0) is 11.3 Å². The lowest BCUT2D eigenvalue weighted by molar-refractivity contribution is -0.123. The third-order valence-corrected chi connectivity index (χ3v) is 7.43. The standard InChI is InChI=1S/C22H29N5O2S2/c1-6-14(3)27-21(29)18(31-22(27)30)12-16-15(4)17(13-23)20(28)26(7-2)19(16)25-10-8-24(5)9-11-25/h12,14H,6-11H2,1-5H3. The van der Waals surface area contributed by atoms with Gasteiger partial charge in [-0.1, -0.05) is 30.9 Å². The zero-order valence-corrected chi connectivity index (χ0v) is 20.4. The number of hydrogen-bond donors (Lipinski definition) is 0. The molecule has 2 aliphatic rings. The summed E-state index contributed by atoms with van der Waals surface area (Å²) in [5.41, 5.74) is 1.22. The monoisotopic (exact) mass is 459 g/mol. The summed E-state index contributed by atoms with van der Waals surface area (Å²) in [6.07, 6.45) is 2.64. The third-order valence-electron chi connectivity index (χ3n) is 6.10. The quantitative estimate of drug-likeness (QED) is 0.495. The van der Waals surface area contributed by atoms with E-state index in [2.05, 4.69) is 22.9 Å². The van der Waals surface area contributed by atoms with Gasteiger partial charge in [-0.25, -0.2) is 0 Å². The highest BCUT2D eigenvalue weighted by molar-refractivity contribution is 8.26. The largest absolute Gasteiger partial charge is 0.355 e. The molecule has 2 saturated heterocycles. The van der Waals surface area contributed by atoms with Crippen molar-refractivity contribution < 1.29 is 4.79 Å². The number of piperazine rings is 1. The summed E-state index contributed by atoms with van der Waals surface area (Å²) in [6, 6.07) is 2.10. The summed E-state index contributed by atoms with van der Waals surface area (Å²) in [5, 5.41) is 9.68. The Morgan fingerprint density at radius 2 is 1.87 bits per heavy atom. The van der Waals surface area contributed by atoms with Crippen LogP contribution in [0.2, 0.25) is 0 Å². The average molecular weight is 460 g/mol. The van der Waals surface area contributed by atoms with Gasteiger partial charge in [-0.15, -0.1) is 0 Å². The Kier molecular flexibility index (Phi) is 7.24. The maximum Gasteiger partial charge on any atom is 0.270 e. The van der Waals surface area contributed by atoms with Crippen LogP contribution in [-0.4, -0.2) is 63.9 Å². The second-order valence-electron chi connectivity index (χ2n) is 8.00. The van der Waals surface area contributed by atoms with Crippen molar-refractivity contribution >= 4 is 46.1 Å². The van der Waals surface area contributed by atoms with Crippen molar-refractivity contribution in [2.24, 2.45) is 0 Å². The van der Waals surface area contributed by atoms with Crippen LogP contribution in [0, 0.1) is 18.3 Å². The number of thiocarbonyl (C=S) groups is 1. The minimum atomic E-state index is -0.277. The van der Waals surface area contributed by atoms with Crippen LogP contribution < -0.4 is 10.5 Å². The molecule has 1 aromatic rings. The van der Waals surface area contributed by atoms with Gasteiger partial charge in [-0.05, 0) is 45.9 Å². The van der Waals surface area contributed by atoms with Gasteiger partial charge >= 0.3 is 0 Å². The number of carbonyl (C=O) groups is 1. The van der Waals surface area contributed by atoms with E-state index in [0.717, 1.165) is 44.0 Å². The van der Waals surface area contributed by atoms with Gasteiger partial charge in [0.25, 0.3) is 11.5 Å². The van der Waals surface area contributed by atoms with Gasteiger partial charge < -0.3 is 9.80 Å². The first-order valence-electron chi connectivity index (χ1n) is 10.6. The van der Waals surface area contributed by atoms with Crippen LogP contribution >= 0.6 is 24.0 Å². The molecule has 0 aromatic carbocycles. The number of rotatable bonds is 5. The average Bonchev–Trinajstić information content (AvgIpc) is 3.03. The highest BCUT2D eigenvalue weighted by Crippen LogP contribution is 2.37. The number of carbonyl (C=O) groups excluding carboxylic acids is 1. The second-order valence-corrected chi connectivity index (χ2v) is 9.67. The highest BCUT2D eigenvalue weighted by atomic mass is 32.2. The molecule has 2 fully saturated rings. The molecule has 9 heteroatoms. The molecule has 166 valence electrons. The summed E-state index contributed by atoms with van der Waals surface area (Å²) < 4.78 is 2.21. The summed E-state index contributed by atoms with van der Waals surface area (Å²) in [6.45, 7) is 11.5. The first kappa shape index (κ1) is 23.5. The Labute approximate surface area is 193 Å². The fourth-order valence-electron chi connectivity index (χ4n) is 3.97. The van der Waals surface area contributed by atoms with E-state index >= 15 is 0 Å². The van der Waals surface area contributed by atoms with E-state index < -0.39 is 0 Å². The Bertz CT molecular complexity index is 1030. The van der Waals surface area contributed by atoms with Gasteiger partial charge in [0.05, 0.1) is 4.91 Å². The van der Waals surface area contributed by atoms with Crippen molar-refractivity contribution in [3.05, 3.63) is 31.9 Å². The van der Waals surface area contributed by atoms with E-state index in [1.54, 1.807) is 16.4 Å². The summed E-state index contributed by atoms with van der Waals surface area (Å²) in [4.78, 5) is 32.8. The molecule has 1 aromatic heterocycles. The zero-order valence-electron chi connectivity index (χ0n) is 18.8. The number of nitrogens with zero attached hydrogens (tertiary/aromatic N) is 5. The van der Waals surface area contributed by atoms with Crippen molar-refractivity contribution in [1.29, 1.82) is 5.26 Å². The van der Waals surface area contributed by atoms with Crippen LogP contribution in [0.4, 0.5) is 5.82 Å². The van der Waals surface area contributed by atoms with E-state index in [1.807, 2.05) is 26.8 Å². The minimum absolute atomic E-state index is 0.0239. The lowest BCUT2D eigenvalue weighted by Crippen LogP contribution is -2.47. The van der Waals surface area contributed by atoms with Crippen molar-refractivity contribution in [3.63, 3.8) is 0 Å². The predicted molar refractivity (Wildman–Crippen MR) is 130 cm³/mol. The number of nitriles is 1. The molecule has 31 heavy (non-hydrogen) atoms. The first-order chi connectivity index (χ1) is 14.7. The van der Waals surface area contributed by atoms with Crippen LogP contribution in [0.5, 0.6) is 0 Å². The topological polar surface area (TPSA) is 72.6 Å². The molecule has 0 saturated carbocycles. The molecular weight excluding hydrogens is 430 g/mol. The minimum Gasteiger partial charge on any atom is -0.355 e. The highest BCUT2D eigenvalue weighted by Gasteiger charge is 2.35. The maximum absolute atomic E-state index is 13.1. The lowest BCUT2D eigenvalue weighted by Gasteiger charge is -2.36. The van der Waals surface area contributed by atoms with Gasteiger partial charge in [0.15, 0.2) is 0 Å². The number of anilines is 1. The third kappa shape index (κ3) is 4.29. The number of hydrogen-bond acceptors (Lipinski definition) is 7. The van der Waals surface area contributed by atoms with Gasteiger partial charge in [-0.2, -0.15) is 5.26 Å². The van der Waals surface area contributed by atoms with E-state index in [4.69, 9.17) is 12.2 Å². The normalized spacial score (nSPS) is 19.9. The summed E-state index contributed by atoms with van der Waals surface area (Å²) >= 11 is 6.77. The molecule has 0 bridgehead atoms. The number of pyridine rings is 1. The maximum atomic E-state index is 13.1. The van der Waals surface area contributed by atoms with Gasteiger partial charge in [-0.3, -0.25) is 19.1 Å². The summed E-state index contributed by atoms with van der Waals surface area (Å²) in [7, 11) is 2.08. The van der Waals surface area contributed by atoms with Crippen molar-refractivity contribution in [1.82, 2.24) is 14.4 Å². The van der Waals surface area contributed by atoms with Crippen LogP contribution in [0.25, 0.3) is 6.08 Å². The fourth-order valence-corrected chi connectivity index (χ4v) is 5.41. The second kappa shape index (κ2) is 9.55. The Morgan fingerprint density at radius 3 is 2.42 bits per heavy atom. The van der Waals surface area contributed by atoms with Crippen LogP contribution in [0.15, 0.2) is 9.70 Å². The van der Waals surface area contributed by atoms with Gasteiger partial charge in [0, 0.05) is 44.3 Å². The molecule has 0 radical (unpaired) electrons. The molecular formula is C22H29N5O2S2. The summed E-state index contributed by atoms with van der Waals surface area (Å²) in [5.74, 6) is 0.673. The molecule has 3 heterocycles. The van der Waals surface area contributed by atoms with Crippen LogP contribution in [0.3, 0.4) is 0 Å². The fraction of sp³-hybridized carbons (Fsp3) is 0.545. The van der Waals surface area contributed by atoms with Crippen molar-refractivity contribution in [3.8, 4) is 6.07 Å². The SMILES string of the molecule is CCC(C)N1C(=O)C(=Cc2c(C)c(C#N)c(=O)n(CC)c2N2CCN(C)CC2)SC1=S. The van der Waals surface area contributed by atoms with Gasteiger partial charge in [0.2, 0.25) is 0 Å². The lowest BCUT2D eigenvalue weighted by atomic mass is 10.0. The smallest absolute Gasteiger partial charge is 0.270 e. The van der Waals surface area contributed by atoms with E-state index in [-0.39, 0.29) is 23.1 Å². The zero-order chi connectivity index (χ0) is 22.9. The predicted octanol–water partition coefficient (Wildman–Crippen LogP) is 2.80. The van der Waals surface area contributed by atoms with E-state index in [1.165, 1.54) is 11.8 Å². The number of thioether (sulfide) groups is 1. The number of amides is 1. The Morgan fingerprint density at radius 1 is 1.23 bits per heavy atom.